The largest absolute Gasteiger partial charge is 0.399 e. The molecule has 2 aromatic carbocycles. The highest BCUT2D eigenvalue weighted by atomic mass is 19.1. The monoisotopic (exact) mass is 282 g/mol. The van der Waals surface area contributed by atoms with Gasteiger partial charge in [-0.15, -0.1) is 0 Å². The van der Waals surface area contributed by atoms with Crippen LogP contribution in [-0.2, 0) is 0 Å². The van der Waals surface area contributed by atoms with Crippen molar-refractivity contribution in [3.05, 3.63) is 60.2 Å². The number of rotatable bonds is 3. The summed E-state index contributed by atoms with van der Waals surface area (Å²) < 4.78 is 13.8. The molecule has 0 radical (unpaired) electrons. The molecule has 1 atom stereocenters. The van der Waals surface area contributed by atoms with Crippen molar-refractivity contribution in [2.45, 2.75) is 13.0 Å². The van der Waals surface area contributed by atoms with Crippen LogP contribution >= 0.6 is 0 Å². The molecule has 3 aromatic rings. The number of fused-ring (bicyclic) bond motifs is 1. The summed E-state index contributed by atoms with van der Waals surface area (Å²) in [5, 5.41) is 4.04. The first kappa shape index (κ1) is 13.3. The highest BCUT2D eigenvalue weighted by Crippen LogP contribution is 2.26. The van der Waals surface area contributed by atoms with Crippen LogP contribution in [0.5, 0.6) is 0 Å². The first-order valence-corrected chi connectivity index (χ1v) is 6.66. The van der Waals surface area contributed by atoms with Crippen LogP contribution < -0.4 is 11.1 Å². The van der Waals surface area contributed by atoms with Gasteiger partial charge in [-0.05, 0) is 31.2 Å². The van der Waals surface area contributed by atoms with Gasteiger partial charge in [0.25, 0.3) is 0 Å². The van der Waals surface area contributed by atoms with Gasteiger partial charge in [-0.3, -0.25) is 0 Å². The molecule has 0 aliphatic rings. The number of hydrogen-bond donors (Lipinski definition) is 2. The Bertz CT molecular complexity index is 788. The summed E-state index contributed by atoms with van der Waals surface area (Å²) in [5.41, 5.74) is 7.84. The van der Waals surface area contributed by atoms with E-state index >= 15 is 0 Å². The number of benzene rings is 2. The Morgan fingerprint density at radius 3 is 2.76 bits per heavy atom. The molecule has 0 fully saturated rings. The normalized spacial score (nSPS) is 12.3. The molecule has 106 valence electrons. The lowest BCUT2D eigenvalue weighted by atomic mass is 10.1. The smallest absolute Gasteiger partial charge is 0.137 e. The number of halogens is 1. The van der Waals surface area contributed by atoms with Gasteiger partial charge in [-0.2, -0.15) is 0 Å². The van der Waals surface area contributed by atoms with Crippen molar-refractivity contribution in [3.8, 4) is 0 Å². The standard InChI is InChI=1S/C16H15FN4/c1-10(12-4-2-3-5-14(12)17)21-16-13-8-11(18)6-7-15(13)19-9-20-16/h2-10H,18H2,1H3,(H,19,20,21). The van der Waals surface area contributed by atoms with Gasteiger partial charge in [0.2, 0.25) is 0 Å². The molecular formula is C16H15FN4. The molecule has 4 nitrogen and oxygen atoms in total. The molecule has 0 saturated heterocycles. The Kier molecular flexibility index (Phi) is 3.39. The Morgan fingerprint density at radius 1 is 1.14 bits per heavy atom. The van der Waals surface area contributed by atoms with Crippen molar-refractivity contribution >= 4 is 22.4 Å². The maximum absolute atomic E-state index is 13.8. The van der Waals surface area contributed by atoms with Gasteiger partial charge < -0.3 is 11.1 Å². The highest BCUT2D eigenvalue weighted by molar-refractivity contribution is 5.91. The van der Waals surface area contributed by atoms with E-state index in [-0.39, 0.29) is 11.9 Å². The molecule has 0 amide bonds. The molecule has 3 N–H and O–H groups in total. The zero-order valence-electron chi connectivity index (χ0n) is 11.5. The van der Waals surface area contributed by atoms with Crippen LogP contribution in [0.3, 0.4) is 0 Å². The van der Waals surface area contributed by atoms with Crippen LogP contribution in [0.1, 0.15) is 18.5 Å². The van der Waals surface area contributed by atoms with Crippen molar-refractivity contribution in [1.82, 2.24) is 9.97 Å². The predicted molar refractivity (Wildman–Crippen MR) is 82.4 cm³/mol. The molecule has 1 unspecified atom stereocenters. The zero-order chi connectivity index (χ0) is 14.8. The van der Waals surface area contributed by atoms with Crippen molar-refractivity contribution in [2.24, 2.45) is 0 Å². The van der Waals surface area contributed by atoms with Crippen LogP contribution in [0, 0.1) is 5.82 Å². The van der Waals surface area contributed by atoms with Gasteiger partial charge in [0.1, 0.15) is 18.0 Å². The lowest BCUT2D eigenvalue weighted by molar-refractivity contribution is 0.600. The van der Waals surface area contributed by atoms with E-state index in [1.165, 1.54) is 12.4 Å². The van der Waals surface area contributed by atoms with E-state index < -0.39 is 0 Å². The number of hydrogen-bond acceptors (Lipinski definition) is 4. The fraction of sp³-hybridized carbons (Fsp3) is 0.125. The SMILES string of the molecule is CC(Nc1ncnc2ccc(N)cc12)c1ccccc1F. The molecular weight excluding hydrogens is 267 g/mol. The molecule has 0 saturated carbocycles. The average molecular weight is 282 g/mol. The summed E-state index contributed by atoms with van der Waals surface area (Å²) in [4.78, 5) is 8.44. The molecule has 1 heterocycles. The van der Waals surface area contributed by atoms with Crippen LogP contribution in [0.2, 0.25) is 0 Å². The van der Waals surface area contributed by atoms with Gasteiger partial charge in [-0.1, -0.05) is 18.2 Å². The van der Waals surface area contributed by atoms with Gasteiger partial charge in [0.15, 0.2) is 0 Å². The maximum Gasteiger partial charge on any atom is 0.137 e. The van der Waals surface area contributed by atoms with Crippen molar-refractivity contribution in [3.63, 3.8) is 0 Å². The number of nitrogen functional groups attached to an aromatic ring is 1. The topological polar surface area (TPSA) is 63.8 Å². The summed E-state index contributed by atoms with van der Waals surface area (Å²) in [7, 11) is 0. The van der Waals surface area contributed by atoms with Gasteiger partial charge >= 0.3 is 0 Å². The number of aromatic nitrogens is 2. The molecule has 3 rings (SSSR count). The molecule has 0 spiro atoms. The number of nitrogens with zero attached hydrogens (tertiary/aromatic N) is 2. The van der Waals surface area contributed by atoms with Crippen LogP contribution in [0.25, 0.3) is 10.9 Å². The highest BCUT2D eigenvalue weighted by Gasteiger charge is 2.12. The lowest BCUT2D eigenvalue weighted by Crippen LogP contribution is -2.10. The first-order chi connectivity index (χ1) is 10.1. The van der Waals surface area contributed by atoms with Crippen molar-refractivity contribution in [2.75, 3.05) is 11.1 Å². The quantitative estimate of drug-likeness (QED) is 0.721. The summed E-state index contributed by atoms with van der Waals surface area (Å²) >= 11 is 0. The predicted octanol–water partition coefficient (Wildman–Crippen LogP) is 3.52. The second kappa shape index (κ2) is 5.36. The van der Waals surface area contributed by atoms with Gasteiger partial charge in [-0.25, -0.2) is 14.4 Å². The molecule has 1 aromatic heterocycles. The summed E-state index contributed by atoms with van der Waals surface area (Å²) in [6.07, 6.45) is 1.48. The molecule has 5 heteroatoms. The third-order valence-electron chi connectivity index (χ3n) is 3.38. The Morgan fingerprint density at radius 2 is 1.95 bits per heavy atom. The maximum atomic E-state index is 13.8. The van der Waals surface area contributed by atoms with E-state index in [2.05, 4.69) is 15.3 Å². The molecule has 0 aliphatic heterocycles. The summed E-state index contributed by atoms with van der Waals surface area (Å²) in [6, 6.07) is 11.9. The third kappa shape index (κ3) is 2.63. The minimum atomic E-state index is -0.240. The van der Waals surface area contributed by atoms with E-state index in [1.54, 1.807) is 18.2 Å². The second-order valence-electron chi connectivity index (χ2n) is 4.89. The van der Waals surface area contributed by atoms with Crippen LogP contribution in [0.15, 0.2) is 48.8 Å². The van der Waals surface area contributed by atoms with Crippen LogP contribution in [0.4, 0.5) is 15.9 Å². The zero-order valence-corrected chi connectivity index (χ0v) is 11.5. The first-order valence-electron chi connectivity index (χ1n) is 6.66. The number of nitrogens with two attached hydrogens (primary N) is 1. The van der Waals surface area contributed by atoms with Gasteiger partial charge in [0, 0.05) is 16.6 Å². The van der Waals surface area contributed by atoms with E-state index in [0.717, 1.165) is 10.9 Å². The fourth-order valence-electron chi connectivity index (χ4n) is 2.30. The molecule has 21 heavy (non-hydrogen) atoms. The van der Waals surface area contributed by atoms with E-state index in [0.29, 0.717) is 17.1 Å². The Balaban J connectivity index is 1.98. The number of nitrogens with one attached hydrogen (secondary N) is 1. The molecule has 0 bridgehead atoms. The minimum absolute atomic E-state index is 0.217. The number of anilines is 2. The second-order valence-corrected chi connectivity index (χ2v) is 4.89. The van der Waals surface area contributed by atoms with Crippen molar-refractivity contribution < 1.29 is 4.39 Å². The van der Waals surface area contributed by atoms with E-state index in [9.17, 15) is 4.39 Å². The minimum Gasteiger partial charge on any atom is -0.399 e. The molecule has 0 aliphatic carbocycles. The van der Waals surface area contributed by atoms with E-state index in [1.807, 2.05) is 25.1 Å². The van der Waals surface area contributed by atoms with Gasteiger partial charge in [0.05, 0.1) is 11.6 Å². The summed E-state index contributed by atoms with van der Waals surface area (Å²) in [6.45, 7) is 1.89. The van der Waals surface area contributed by atoms with Crippen LogP contribution in [-0.4, -0.2) is 9.97 Å². The Hall–Kier alpha value is -2.69. The Labute approximate surface area is 121 Å². The average Bonchev–Trinajstić information content (AvgIpc) is 2.48. The van der Waals surface area contributed by atoms with Crippen molar-refractivity contribution in [1.29, 1.82) is 0 Å². The third-order valence-corrected chi connectivity index (χ3v) is 3.38. The summed E-state index contributed by atoms with van der Waals surface area (Å²) in [5.74, 6) is 0.401. The fourth-order valence-corrected chi connectivity index (χ4v) is 2.30. The lowest BCUT2D eigenvalue weighted by Gasteiger charge is -2.16. The van der Waals surface area contributed by atoms with E-state index in [4.69, 9.17) is 5.73 Å².